The monoisotopic (exact) mass is 324 g/mol. The lowest BCUT2D eigenvalue weighted by Crippen LogP contribution is -2.09. The van der Waals surface area contributed by atoms with Crippen LogP contribution in [0.4, 0.5) is 25.0 Å². The van der Waals surface area contributed by atoms with E-state index in [-0.39, 0.29) is 22.6 Å². The quantitative estimate of drug-likeness (QED) is 0.660. The van der Waals surface area contributed by atoms with Gasteiger partial charge in [-0.15, -0.1) is 0 Å². The molecule has 0 aliphatic carbocycles. The van der Waals surface area contributed by atoms with Gasteiger partial charge in [-0.3, -0.25) is 15.4 Å². The summed E-state index contributed by atoms with van der Waals surface area (Å²) in [4.78, 5) is 21.0. The minimum Gasteiger partial charge on any atom is -0.496 e. The molecule has 0 bridgehead atoms. The van der Waals surface area contributed by atoms with E-state index >= 15 is 0 Å². The fourth-order valence-electron chi connectivity index (χ4n) is 2.02. The van der Waals surface area contributed by atoms with Gasteiger partial charge in [0.1, 0.15) is 23.1 Å². The molecule has 1 amide bonds. The van der Waals surface area contributed by atoms with Gasteiger partial charge in [-0.25, -0.2) is 13.6 Å². The average Bonchev–Trinajstić information content (AvgIpc) is 2.48. The number of rotatable bonds is 4. The highest BCUT2D eigenvalue weighted by molar-refractivity contribution is 5.89. The van der Waals surface area contributed by atoms with Gasteiger partial charge in [-0.05, 0) is 18.2 Å². The molecule has 2 aromatic rings. The molecule has 0 atom stereocenters. The molecule has 0 saturated carbocycles. The fourth-order valence-corrected chi connectivity index (χ4v) is 2.02. The Balaban J connectivity index is 2.73. The van der Waals surface area contributed by atoms with Gasteiger partial charge in [-0.1, -0.05) is 0 Å². The molecule has 0 fully saturated rings. The van der Waals surface area contributed by atoms with Crippen molar-refractivity contribution in [2.24, 2.45) is 0 Å². The molecular formula is C14H10F2N2O5. The molecule has 2 rings (SSSR count). The first-order valence-corrected chi connectivity index (χ1v) is 6.15. The van der Waals surface area contributed by atoms with E-state index in [4.69, 9.17) is 9.84 Å². The summed E-state index contributed by atoms with van der Waals surface area (Å²) in [5.74, 6) is -1.60. The van der Waals surface area contributed by atoms with Crippen molar-refractivity contribution in [3.05, 3.63) is 52.1 Å². The number of nitrogens with zero attached hydrogens (tertiary/aromatic N) is 1. The summed E-state index contributed by atoms with van der Waals surface area (Å²) in [5.41, 5.74) is -1.29. The molecule has 0 saturated heterocycles. The highest BCUT2D eigenvalue weighted by Crippen LogP contribution is 2.39. The predicted octanol–water partition coefficient (Wildman–Crippen LogP) is 3.64. The summed E-state index contributed by atoms with van der Waals surface area (Å²) < 4.78 is 32.3. The van der Waals surface area contributed by atoms with Crippen molar-refractivity contribution in [2.75, 3.05) is 12.4 Å². The third kappa shape index (κ3) is 3.34. The number of methoxy groups -OCH3 is 1. The molecule has 2 N–H and O–H groups in total. The number of benzene rings is 2. The normalized spacial score (nSPS) is 10.2. The summed E-state index contributed by atoms with van der Waals surface area (Å²) >= 11 is 0. The van der Waals surface area contributed by atoms with Crippen LogP contribution in [-0.4, -0.2) is 23.2 Å². The van der Waals surface area contributed by atoms with Crippen molar-refractivity contribution >= 4 is 17.5 Å². The SMILES string of the molecule is COc1cc(NC(=O)O)c([N+](=O)[O-])cc1-c1cc(F)ccc1F. The van der Waals surface area contributed by atoms with E-state index in [0.717, 1.165) is 30.3 Å². The lowest BCUT2D eigenvalue weighted by molar-refractivity contribution is -0.383. The molecule has 9 heteroatoms. The zero-order valence-electron chi connectivity index (χ0n) is 11.7. The van der Waals surface area contributed by atoms with Crippen LogP contribution in [0.3, 0.4) is 0 Å². The molecule has 0 unspecified atom stereocenters. The number of nitrogens with one attached hydrogen (secondary N) is 1. The van der Waals surface area contributed by atoms with Gasteiger partial charge in [0.15, 0.2) is 0 Å². The molecular weight excluding hydrogens is 314 g/mol. The summed E-state index contributed by atoms with van der Waals surface area (Å²) in [7, 11) is 1.21. The first-order valence-electron chi connectivity index (χ1n) is 6.15. The number of anilines is 1. The van der Waals surface area contributed by atoms with Crippen molar-refractivity contribution in [3.8, 4) is 16.9 Å². The van der Waals surface area contributed by atoms with Gasteiger partial charge in [0.2, 0.25) is 0 Å². The highest BCUT2D eigenvalue weighted by Gasteiger charge is 2.22. The second-order valence-corrected chi connectivity index (χ2v) is 4.38. The van der Waals surface area contributed by atoms with Crippen molar-refractivity contribution in [1.82, 2.24) is 0 Å². The van der Waals surface area contributed by atoms with Crippen LogP contribution in [0.15, 0.2) is 30.3 Å². The molecule has 7 nitrogen and oxygen atoms in total. The number of hydrogen-bond donors (Lipinski definition) is 2. The molecule has 120 valence electrons. The number of halogens is 2. The summed E-state index contributed by atoms with van der Waals surface area (Å²) in [6.45, 7) is 0. The van der Waals surface area contributed by atoms with Crippen LogP contribution >= 0.6 is 0 Å². The smallest absolute Gasteiger partial charge is 0.409 e. The van der Waals surface area contributed by atoms with E-state index in [1.165, 1.54) is 7.11 Å². The Bertz CT molecular complexity index is 795. The Labute approximate surface area is 128 Å². The molecule has 0 aromatic heterocycles. The largest absolute Gasteiger partial charge is 0.496 e. The van der Waals surface area contributed by atoms with Crippen LogP contribution in [-0.2, 0) is 0 Å². The Morgan fingerprint density at radius 3 is 2.52 bits per heavy atom. The molecule has 23 heavy (non-hydrogen) atoms. The zero-order valence-corrected chi connectivity index (χ0v) is 11.7. The first kappa shape index (κ1) is 16.1. The van der Waals surface area contributed by atoms with E-state index in [1.54, 1.807) is 0 Å². The topological polar surface area (TPSA) is 102 Å². The fraction of sp³-hybridized carbons (Fsp3) is 0.0714. The first-order chi connectivity index (χ1) is 10.8. The zero-order chi connectivity index (χ0) is 17.1. The molecule has 0 heterocycles. The van der Waals surface area contributed by atoms with E-state index in [2.05, 4.69) is 0 Å². The van der Waals surface area contributed by atoms with Gasteiger partial charge < -0.3 is 9.84 Å². The maximum absolute atomic E-state index is 13.9. The lowest BCUT2D eigenvalue weighted by Gasteiger charge is -2.12. The minimum atomic E-state index is -1.51. The van der Waals surface area contributed by atoms with Gasteiger partial charge in [-0.2, -0.15) is 0 Å². The summed E-state index contributed by atoms with van der Waals surface area (Å²) in [5, 5.41) is 21.7. The second-order valence-electron chi connectivity index (χ2n) is 4.38. The number of hydrogen-bond acceptors (Lipinski definition) is 4. The van der Waals surface area contributed by atoms with Crippen LogP contribution in [0, 0.1) is 21.7 Å². The summed E-state index contributed by atoms with van der Waals surface area (Å²) in [6, 6.07) is 4.59. The molecule has 0 aliphatic rings. The standard InChI is InChI=1S/C14H10F2N2O5/c1-23-13-6-11(17-14(19)20)12(18(21)22)5-9(13)8-4-7(15)2-3-10(8)16/h2-6,17H,1H3,(H,19,20). The Morgan fingerprint density at radius 2 is 1.96 bits per heavy atom. The van der Waals surface area contributed by atoms with Gasteiger partial charge in [0.05, 0.1) is 12.0 Å². The van der Waals surface area contributed by atoms with Crippen LogP contribution in [0.1, 0.15) is 0 Å². The van der Waals surface area contributed by atoms with E-state index in [9.17, 15) is 23.7 Å². The number of carbonyl (C=O) groups is 1. The number of amides is 1. The van der Waals surface area contributed by atoms with E-state index in [1.807, 2.05) is 5.32 Å². The maximum Gasteiger partial charge on any atom is 0.409 e. The number of ether oxygens (including phenoxy) is 1. The van der Waals surface area contributed by atoms with Crippen molar-refractivity contribution in [1.29, 1.82) is 0 Å². The third-order valence-electron chi connectivity index (χ3n) is 2.97. The van der Waals surface area contributed by atoms with Crippen LogP contribution in [0.2, 0.25) is 0 Å². The molecule has 0 radical (unpaired) electrons. The van der Waals surface area contributed by atoms with Crippen molar-refractivity contribution in [2.45, 2.75) is 0 Å². The Kier molecular flexibility index (Phi) is 4.39. The van der Waals surface area contributed by atoms with Gasteiger partial charge in [0.25, 0.3) is 5.69 Å². The molecule has 0 aliphatic heterocycles. The van der Waals surface area contributed by atoms with Crippen molar-refractivity contribution < 1.29 is 28.3 Å². The van der Waals surface area contributed by atoms with E-state index < -0.39 is 28.3 Å². The summed E-state index contributed by atoms with van der Waals surface area (Å²) in [6.07, 6.45) is -1.51. The number of nitro groups is 1. The highest BCUT2D eigenvalue weighted by atomic mass is 19.1. The van der Waals surface area contributed by atoms with Crippen LogP contribution in [0.5, 0.6) is 5.75 Å². The number of carboxylic acid groups (broad SMARTS) is 1. The maximum atomic E-state index is 13.9. The lowest BCUT2D eigenvalue weighted by atomic mass is 10.0. The van der Waals surface area contributed by atoms with Gasteiger partial charge >= 0.3 is 6.09 Å². The third-order valence-corrected chi connectivity index (χ3v) is 2.97. The second kappa shape index (κ2) is 6.26. The predicted molar refractivity (Wildman–Crippen MR) is 76.6 cm³/mol. The average molecular weight is 324 g/mol. The van der Waals surface area contributed by atoms with Crippen molar-refractivity contribution in [3.63, 3.8) is 0 Å². The molecule has 2 aromatic carbocycles. The minimum absolute atomic E-state index is 0.0520. The van der Waals surface area contributed by atoms with Crippen LogP contribution < -0.4 is 10.1 Å². The molecule has 0 spiro atoms. The number of nitro benzene ring substituents is 1. The van der Waals surface area contributed by atoms with Gasteiger partial charge in [0, 0.05) is 23.3 Å². The van der Waals surface area contributed by atoms with E-state index in [0.29, 0.717) is 0 Å². The Morgan fingerprint density at radius 1 is 1.26 bits per heavy atom. The Hall–Kier alpha value is -3.23. The van der Waals surface area contributed by atoms with Crippen LogP contribution in [0.25, 0.3) is 11.1 Å².